The Morgan fingerprint density at radius 3 is 2.29 bits per heavy atom. The summed E-state index contributed by atoms with van der Waals surface area (Å²) in [6, 6.07) is 0. The Hall–Kier alpha value is -0.790. The van der Waals surface area contributed by atoms with E-state index in [1.54, 1.807) is 6.92 Å². The number of fused-ring (bicyclic) bond motifs is 7. The lowest BCUT2D eigenvalue weighted by Gasteiger charge is -2.71. The van der Waals surface area contributed by atoms with Gasteiger partial charge in [0.2, 0.25) is 0 Å². The normalized spacial score (nSPS) is 54.0. The van der Waals surface area contributed by atoms with Crippen LogP contribution in [-0.4, -0.2) is 12.1 Å². The molecular weight excluding hydrogens is 416 g/mol. The van der Waals surface area contributed by atoms with Crippen molar-refractivity contribution in [2.24, 2.45) is 63.1 Å². The SMILES string of the molecule is CC(=O)OC1CCC2(C)C(CCC3(C)C2CC=C2C4C(C)C(C)CC(C)C4CCC23C)C1(C)C. The molecule has 11 atom stereocenters. The smallest absolute Gasteiger partial charge is 0.302 e. The maximum absolute atomic E-state index is 11.9. The number of rotatable bonds is 1. The molecular formula is C32H52O2. The van der Waals surface area contributed by atoms with Crippen molar-refractivity contribution in [2.75, 3.05) is 0 Å². The van der Waals surface area contributed by atoms with Gasteiger partial charge in [0.1, 0.15) is 6.10 Å². The van der Waals surface area contributed by atoms with E-state index in [9.17, 15) is 4.79 Å². The lowest BCUT2D eigenvalue weighted by molar-refractivity contribution is -0.210. The van der Waals surface area contributed by atoms with Crippen molar-refractivity contribution in [2.45, 2.75) is 120 Å². The molecule has 192 valence electrons. The second-order valence-electron chi connectivity index (χ2n) is 15.0. The molecule has 2 nitrogen and oxygen atoms in total. The molecule has 0 heterocycles. The number of carbonyl (C=O) groups is 1. The second kappa shape index (κ2) is 7.85. The summed E-state index contributed by atoms with van der Waals surface area (Å²) in [5.41, 5.74) is 2.97. The minimum Gasteiger partial charge on any atom is -0.462 e. The minimum absolute atomic E-state index is 0.0469. The Labute approximate surface area is 210 Å². The van der Waals surface area contributed by atoms with Crippen molar-refractivity contribution in [1.29, 1.82) is 0 Å². The average molecular weight is 469 g/mol. The Morgan fingerprint density at radius 1 is 0.912 bits per heavy atom. The van der Waals surface area contributed by atoms with Crippen LogP contribution in [0.15, 0.2) is 11.6 Å². The molecule has 0 aromatic heterocycles. The highest BCUT2D eigenvalue weighted by atomic mass is 16.5. The summed E-state index contributed by atoms with van der Waals surface area (Å²) >= 11 is 0. The molecule has 0 bridgehead atoms. The van der Waals surface area contributed by atoms with E-state index in [1.807, 2.05) is 5.57 Å². The van der Waals surface area contributed by atoms with Crippen molar-refractivity contribution in [1.82, 2.24) is 0 Å². The second-order valence-corrected chi connectivity index (χ2v) is 15.0. The van der Waals surface area contributed by atoms with Gasteiger partial charge in [-0.3, -0.25) is 4.79 Å². The van der Waals surface area contributed by atoms with Gasteiger partial charge < -0.3 is 4.74 Å². The van der Waals surface area contributed by atoms with Gasteiger partial charge in [-0.15, -0.1) is 0 Å². The largest absolute Gasteiger partial charge is 0.462 e. The van der Waals surface area contributed by atoms with Crippen LogP contribution in [0.1, 0.15) is 114 Å². The molecule has 11 unspecified atom stereocenters. The van der Waals surface area contributed by atoms with Crippen LogP contribution >= 0.6 is 0 Å². The summed E-state index contributed by atoms with van der Waals surface area (Å²) in [6.07, 6.45) is 13.2. The zero-order valence-corrected chi connectivity index (χ0v) is 23.7. The van der Waals surface area contributed by atoms with E-state index in [2.05, 4.69) is 61.5 Å². The van der Waals surface area contributed by atoms with Crippen LogP contribution in [0, 0.1) is 63.1 Å². The van der Waals surface area contributed by atoms with Crippen LogP contribution in [0.3, 0.4) is 0 Å². The van der Waals surface area contributed by atoms with Crippen LogP contribution in [0.4, 0.5) is 0 Å². The fourth-order valence-electron chi connectivity index (χ4n) is 11.4. The first-order valence-corrected chi connectivity index (χ1v) is 14.6. The van der Waals surface area contributed by atoms with Crippen LogP contribution in [-0.2, 0) is 9.53 Å². The molecule has 2 heteroatoms. The van der Waals surface area contributed by atoms with Gasteiger partial charge in [-0.1, -0.05) is 67.0 Å². The number of carbonyl (C=O) groups excluding carboxylic acids is 1. The van der Waals surface area contributed by atoms with Crippen LogP contribution in [0.25, 0.3) is 0 Å². The van der Waals surface area contributed by atoms with E-state index in [1.165, 1.54) is 44.9 Å². The summed E-state index contributed by atoms with van der Waals surface area (Å²) in [7, 11) is 0. The molecule has 5 aliphatic carbocycles. The zero-order valence-electron chi connectivity index (χ0n) is 23.7. The highest BCUT2D eigenvalue weighted by molar-refractivity contribution is 5.66. The van der Waals surface area contributed by atoms with Gasteiger partial charge >= 0.3 is 5.97 Å². The molecule has 4 fully saturated rings. The van der Waals surface area contributed by atoms with E-state index >= 15 is 0 Å². The lowest BCUT2D eigenvalue weighted by atomic mass is 9.34. The fraction of sp³-hybridized carbons (Fsp3) is 0.906. The molecule has 0 radical (unpaired) electrons. The molecule has 0 saturated heterocycles. The third-order valence-corrected chi connectivity index (χ3v) is 13.5. The fourth-order valence-corrected chi connectivity index (χ4v) is 11.4. The highest BCUT2D eigenvalue weighted by Gasteiger charge is 2.67. The first-order valence-electron chi connectivity index (χ1n) is 14.6. The van der Waals surface area contributed by atoms with Crippen molar-refractivity contribution in [3.63, 3.8) is 0 Å². The number of ether oxygens (including phenoxy) is 1. The van der Waals surface area contributed by atoms with Crippen molar-refractivity contribution in [3.8, 4) is 0 Å². The van der Waals surface area contributed by atoms with Crippen molar-refractivity contribution in [3.05, 3.63) is 11.6 Å². The number of hydrogen-bond acceptors (Lipinski definition) is 2. The number of hydrogen-bond donors (Lipinski definition) is 0. The predicted molar refractivity (Wildman–Crippen MR) is 140 cm³/mol. The van der Waals surface area contributed by atoms with E-state index in [4.69, 9.17) is 4.74 Å². The minimum atomic E-state index is -0.109. The molecule has 0 aromatic carbocycles. The molecule has 5 rings (SSSR count). The maximum atomic E-state index is 11.9. The molecule has 34 heavy (non-hydrogen) atoms. The third kappa shape index (κ3) is 3.14. The van der Waals surface area contributed by atoms with Gasteiger partial charge in [0.05, 0.1) is 0 Å². The predicted octanol–water partition coefficient (Wildman–Crippen LogP) is 8.45. The van der Waals surface area contributed by atoms with E-state index in [0.29, 0.717) is 22.2 Å². The molecule has 5 aliphatic rings. The van der Waals surface area contributed by atoms with Gasteiger partial charge in [-0.2, -0.15) is 0 Å². The Bertz CT molecular complexity index is 870. The first-order chi connectivity index (χ1) is 15.8. The van der Waals surface area contributed by atoms with Crippen LogP contribution < -0.4 is 0 Å². The van der Waals surface area contributed by atoms with Gasteiger partial charge in [0, 0.05) is 12.3 Å². The monoisotopic (exact) mass is 468 g/mol. The Kier molecular flexibility index (Phi) is 5.75. The summed E-state index contributed by atoms with van der Waals surface area (Å²) in [6.45, 7) is 22.1. The number of allylic oxidation sites excluding steroid dienone is 2. The Balaban J connectivity index is 1.53. The van der Waals surface area contributed by atoms with Gasteiger partial charge in [-0.25, -0.2) is 0 Å². The molecule has 0 spiro atoms. The highest BCUT2D eigenvalue weighted by Crippen LogP contribution is 2.74. The molecule has 0 aromatic rings. The van der Waals surface area contributed by atoms with Gasteiger partial charge in [0.25, 0.3) is 0 Å². The summed E-state index contributed by atoms with van der Waals surface area (Å²) in [5, 5.41) is 0. The van der Waals surface area contributed by atoms with E-state index in [-0.39, 0.29) is 17.5 Å². The standard InChI is InChI=1S/C32H52O2/c1-19-18-20(2)23-12-16-31(8)24(28(23)21(19)3)10-11-26-30(7)15-14-27(34-22(4)33)29(5,6)25(30)13-17-32(26,31)9/h10,19-21,23,25-28H,11-18H2,1-9H3. The number of esters is 1. The van der Waals surface area contributed by atoms with E-state index in [0.717, 1.165) is 41.9 Å². The first kappa shape index (κ1) is 24.9. The topological polar surface area (TPSA) is 26.3 Å². The van der Waals surface area contributed by atoms with E-state index < -0.39 is 0 Å². The van der Waals surface area contributed by atoms with Gasteiger partial charge in [0.15, 0.2) is 0 Å². The molecule has 0 aliphatic heterocycles. The summed E-state index contributed by atoms with van der Waals surface area (Å²) in [4.78, 5) is 11.9. The summed E-state index contributed by atoms with van der Waals surface area (Å²) < 4.78 is 5.91. The quantitative estimate of drug-likeness (QED) is 0.285. The molecule has 4 saturated carbocycles. The van der Waals surface area contributed by atoms with Crippen LogP contribution in [0.5, 0.6) is 0 Å². The Morgan fingerprint density at radius 2 is 1.62 bits per heavy atom. The molecule has 0 amide bonds. The molecule has 0 N–H and O–H groups in total. The lowest BCUT2D eigenvalue weighted by Crippen LogP contribution is -2.64. The van der Waals surface area contributed by atoms with Crippen molar-refractivity contribution >= 4 is 5.97 Å². The van der Waals surface area contributed by atoms with Crippen molar-refractivity contribution < 1.29 is 9.53 Å². The average Bonchev–Trinajstić information content (AvgIpc) is 2.73. The maximum Gasteiger partial charge on any atom is 0.302 e. The van der Waals surface area contributed by atoms with Gasteiger partial charge in [-0.05, 0) is 109 Å². The third-order valence-electron chi connectivity index (χ3n) is 13.5. The zero-order chi connectivity index (χ0) is 24.8. The van der Waals surface area contributed by atoms with Crippen LogP contribution in [0.2, 0.25) is 0 Å². The summed E-state index contributed by atoms with van der Waals surface area (Å²) in [5.74, 6) is 5.48.